The maximum Gasteiger partial charge on any atom is 0.418 e. The molecule has 0 unspecified atom stereocenters. The van der Waals surface area contributed by atoms with E-state index in [0.717, 1.165) is 36.2 Å². The van der Waals surface area contributed by atoms with Gasteiger partial charge in [-0.1, -0.05) is 48.2 Å². The Hall–Kier alpha value is -6.73. The number of halogens is 12. The van der Waals surface area contributed by atoms with Crippen LogP contribution in [0.1, 0.15) is 33.4 Å². The Kier molecular flexibility index (Phi) is 16.9. The molecule has 0 saturated carbocycles. The Labute approximate surface area is 412 Å². The SMILES string of the molecule is COc1ccccc1-c1cc(Sc2cc(-c3ccccc3OC)c(C=CC(=O)N3CCN(CC(=O)O)CC3)c(C(F)(F)F)c2C(F)(F)F)c(C(F)(F)F)c(C(F)(F)F)c1C=CC(=O)N1CCN(CC(=O)O)CC1. The van der Waals surface area contributed by atoms with Crippen LogP contribution in [0, 0.1) is 0 Å². The highest BCUT2D eigenvalue weighted by Gasteiger charge is 2.50. The lowest BCUT2D eigenvalue weighted by atomic mass is 9.90. The Morgan fingerprint density at radius 1 is 0.507 bits per heavy atom. The van der Waals surface area contributed by atoms with E-state index in [1.165, 1.54) is 46.2 Å². The van der Waals surface area contributed by atoms with Gasteiger partial charge in [-0.15, -0.1) is 0 Å². The first kappa shape index (κ1) is 55.6. The number of hydrogen-bond donors (Lipinski definition) is 2. The molecule has 2 aliphatic rings. The molecule has 0 spiro atoms. The Balaban J connectivity index is 1.64. The number of para-hydroxylation sites is 2. The standard InChI is InChI=1S/C48H42F12N4O8S/c1-71-33-9-5-3-7-27(33)31-23-35(43(47(55,56)57)41(45(49,50)51)29(31)11-13-37(65)63-19-15-61(16-20-63)25-39(67)68)73-36-24-32(28-8-4-6-10-34(28)72-2)30(42(46(52,53)54)44(36)48(58,59)60)12-14-38(66)64-21-17-62(18-22-64)26-40(69)70/h3-14,23-24H,15-22,25-26H2,1-2H3,(H,67,68)(H,69,70). The third-order valence-corrected chi connectivity index (χ3v) is 12.8. The minimum absolute atomic E-state index is 0.00948. The molecule has 2 heterocycles. The summed E-state index contributed by atoms with van der Waals surface area (Å²) in [6.45, 7) is -1.31. The number of methoxy groups -OCH3 is 2. The summed E-state index contributed by atoms with van der Waals surface area (Å²) in [5.74, 6) is -4.92. The highest BCUT2D eigenvalue weighted by molar-refractivity contribution is 7.99. The van der Waals surface area contributed by atoms with Crippen LogP contribution in [0.3, 0.4) is 0 Å². The summed E-state index contributed by atoms with van der Waals surface area (Å²) >= 11 is -0.693. The van der Waals surface area contributed by atoms with Crippen molar-refractivity contribution in [2.24, 2.45) is 0 Å². The van der Waals surface area contributed by atoms with Crippen molar-refractivity contribution >= 4 is 47.7 Å². The summed E-state index contributed by atoms with van der Waals surface area (Å²) in [6, 6.07) is 10.5. The van der Waals surface area contributed by atoms with Gasteiger partial charge in [-0.3, -0.25) is 29.0 Å². The minimum atomic E-state index is -6.11. The van der Waals surface area contributed by atoms with Gasteiger partial charge in [-0.05, 0) is 58.7 Å². The number of rotatable bonds is 14. The molecular formula is C48H42F12N4O8S. The van der Waals surface area contributed by atoms with Crippen LogP contribution in [0.4, 0.5) is 52.7 Å². The second kappa shape index (κ2) is 22.2. The predicted molar refractivity (Wildman–Crippen MR) is 240 cm³/mol. The Morgan fingerprint density at radius 2 is 0.822 bits per heavy atom. The number of piperazine rings is 2. The van der Waals surface area contributed by atoms with Crippen LogP contribution >= 0.6 is 11.8 Å². The molecule has 0 bridgehead atoms. The maximum absolute atomic E-state index is 15.6. The highest BCUT2D eigenvalue weighted by atomic mass is 32.2. The molecule has 2 aliphatic heterocycles. The van der Waals surface area contributed by atoms with Crippen LogP contribution in [0.15, 0.2) is 82.6 Å². The van der Waals surface area contributed by atoms with Gasteiger partial charge < -0.3 is 29.5 Å². The number of amides is 2. The first-order valence-electron chi connectivity index (χ1n) is 21.6. The van der Waals surface area contributed by atoms with E-state index in [0.29, 0.717) is 36.4 Å². The molecule has 25 heteroatoms. The summed E-state index contributed by atoms with van der Waals surface area (Å²) in [6.07, 6.45) is -22.4. The van der Waals surface area contributed by atoms with Crippen molar-refractivity contribution in [3.63, 3.8) is 0 Å². The van der Waals surface area contributed by atoms with Crippen LogP contribution in [-0.4, -0.2) is 133 Å². The van der Waals surface area contributed by atoms with Crippen molar-refractivity contribution in [3.8, 4) is 33.8 Å². The third kappa shape index (κ3) is 13.1. The molecule has 2 amide bonds. The summed E-state index contributed by atoms with van der Waals surface area (Å²) in [7, 11) is 2.10. The van der Waals surface area contributed by atoms with Crippen molar-refractivity contribution < 1.29 is 91.5 Å². The smallest absolute Gasteiger partial charge is 0.418 e. The summed E-state index contributed by atoms with van der Waals surface area (Å²) in [4.78, 5) is 51.0. The van der Waals surface area contributed by atoms with Crippen LogP contribution in [0.25, 0.3) is 34.4 Å². The molecule has 0 aliphatic carbocycles. The Bertz CT molecular complexity index is 2610. The molecular weight excluding hydrogens is 1020 g/mol. The van der Waals surface area contributed by atoms with E-state index in [2.05, 4.69) is 0 Å². The topological polar surface area (TPSA) is 140 Å². The molecule has 2 saturated heterocycles. The number of carboxylic acids is 2. The molecule has 12 nitrogen and oxygen atoms in total. The van der Waals surface area contributed by atoms with Gasteiger partial charge in [-0.2, -0.15) is 52.7 Å². The number of carbonyl (C=O) groups is 4. The molecule has 2 N–H and O–H groups in total. The molecule has 392 valence electrons. The predicted octanol–water partition coefficient (Wildman–Crippen LogP) is 9.75. The van der Waals surface area contributed by atoms with Gasteiger partial charge in [0.15, 0.2) is 0 Å². The number of carboxylic acid groups (broad SMARTS) is 2. The number of hydrogen-bond acceptors (Lipinski definition) is 9. The molecule has 0 atom stereocenters. The average Bonchev–Trinajstić information content (AvgIpc) is 3.30. The molecule has 0 radical (unpaired) electrons. The quantitative estimate of drug-likeness (QED) is 0.0922. The normalized spacial score (nSPS) is 15.6. The summed E-state index contributed by atoms with van der Waals surface area (Å²) in [5.41, 5.74) is -15.3. The van der Waals surface area contributed by atoms with E-state index < -0.39 is 128 Å². The van der Waals surface area contributed by atoms with E-state index in [1.807, 2.05) is 0 Å². The van der Waals surface area contributed by atoms with Crippen LogP contribution in [0.5, 0.6) is 11.5 Å². The zero-order chi connectivity index (χ0) is 53.8. The van der Waals surface area contributed by atoms with E-state index >= 15 is 52.7 Å². The Morgan fingerprint density at radius 3 is 1.11 bits per heavy atom. The van der Waals surface area contributed by atoms with Gasteiger partial charge in [0.2, 0.25) is 11.8 Å². The number of carbonyl (C=O) groups excluding carboxylic acids is 2. The molecule has 4 aromatic carbocycles. The van der Waals surface area contributed by atoms with Crippen LogP contribution in [-0.2, 0) is 43.9 Å². The number of benzene rings is 4. The number of aliphatic carboxylic acids is 2. The van der Waals surface area contributed by atoms with Crippen molar-refractivity contribution in [2.75, 3.05) is 79.7 Å². The van der Waals surface area contributed by atoms with Crippen LogP contribution < -0.4 is 9.47 Å². The minimum Gasteiger partial charge on any atom is -0.496 e. The van der Waals surface area contributed by atoms with Crippen molar-refractivity contribution in [1.29, 1.82) is 0 Å². The molecule has 4 aromatic rings. The zero-order valence-corrected chi connectivity index (χ0v) is 39.0. The second-order valence-electron chi connectivity index (χ2n) is 16.3. The van der Waals surface area contributed by atoms with E-state index in [1.54, 1.807) is 0 Å². The first-order valence-corrected chi connectivity index (χ1v) is 22.4. The molecule has 2 fully saturated rings. The van der Waals surface area contributed by atoms with Crippen molar-refractivity contribution in [2.45, 2.75) is 34.5 Å². The number of ether oxygens (including phenoxy) is 2. The zero-order valence-electron chi connectivity index (χ0n) is 38.2. The van der Waals surface area contributed by atoms with Gasteiger partial charge in [0.1, 0.15) is 11.5 Å². The highest BCUT2D eigenvalue weighted by Crippen LogP contribution is 2.56. The largest absolute Gasteiger partial charge is 0.496 e. The maximum atomic E-state index is 15.6. The van der Waals surface area contributed by atoms with Crippen molar-refractivity contribution in [3.05, 3.63) is 106 Å². The fourth-order valence-corrected chi connectivity index (χ4v) is 9.69. The van der Waals surface area contributed by atoms with E-state index in [9.17, 15) is 19.2 Å². The third-order valence-electron chi connectivity index (χ3n) is 11.7. The fourth-order valence-electron chi connectivity index (χ4n) is 8.46. The molecule has 0 aromatic heterocycles. The lowest BCUT2D eigenvalue weighted by molar-refractivity contribution is -0.164. The van der Waals surface area contributed by atoms with Gasteiger partial charge in [-0.25, -0.2) is 0 Å². The molecule has 73 heavy (non-hydrogen) atoms. The first-order chi connectivity index (χ1) is 34.1. The average molecular weight is 1060 g/mol. The van der Waals surface area contributed by atoms with E-state index in [-0.39, 0.29) is 75.0 Å². The van der Waals surface area contributed by atoms with E-state index in [4.69, 9.17) is 19.7 Å². The lowest BCUT2D eigenvalue weighted by Gasteiger charge is -2.33. The van der Waals surface area contributed by atoms with Gasteiger partial charge in [0.25, 0.3) is 0 Å². The molecule has 6 rings (SSSR count). The number of nitrogens with zero attached hydrogens (tertiary/aromatic N) is 4. The number of alkyl halides is 12. The van der Waals surface area contributed by atoms with Crippen molar-refractivity contribution in [1.82, 2.24) is 19.6 Å². The van der Waals surface area contributed by atoms with Crippen LogP contribution in [0.2, 0.25) is 0 Å². The summed E-state index contributed by atoms with van der Waals surface area (Å²) in [5, 5.41) is 18.2. The van der Waals surface area contributed by atoms with Gasteiger partial charge in [0.05, 0.1) is 49.6 Å². The second-order valence-corrected chi connectivity index (χ2v) is 17.4. The fraction of sp³-hybridized carbons (Fsp3) is 0.333. The van der Waals surface area contributed by atoms with Gasteiger partial charge >= 0.3 is 36.6 Å². The lowest BCUT2D eigenvalue weighted by Crippen LogP contribution is -2.49. The monoisotopic (exact) mass is 1060 g/mol. The van der Waals surface area contributed by atoms with Gasteiger partial charge in [0, 0.05) is 85.4 Å². The summed E-state index contributed by atoms with van der Waals surface area (Å²) < 4.78 is 198.